The first-order valence-electron chi connectivity index (χ1n) is 9.56. The lowest BCUT2D eigenvalue weighted by atomic mass is 10.1. The van der Waals surface area contributed by atoms with Crippen molar-refractivity contribution in [3.05, 3.63) is 83.4 Å². The van der Waals surface area contributed by atoms with Crippen LogP contribution in [0.15, 0.2) is 71.6 Å². The monoisotopic (exact) mass is 422 g/mol. The Kier molecular flexibility index (Phi) is 5.22. The van der Waals surface area contributed by atoms with Gasteiger partial charge in [-0.25, -0.2) is 8.42 Å². The zero-order chi connectivity index (χ0) is 21.3. The molecule has 1 heterocycles. The van der Waals surface area contributed by atoms with Crippen LogP contribution in [0.1, 0.15) is 21.5 Å². The van der Waals surface area contributed by atoms with Gasteiger partial charge in [-0.2, -0.15) is 0 Å². The molecule has 0 spiro atoms. The predicted molar refractivity (Wildman–Crippen MR) is 117 cm³/mol. The van der Waals surface area contributed by atoms with E-state index in [0.717, 1.165) is 16.8 Å². The Hall–Kier alpha value is -3.32. The molecular weight excluding hydrogens is 400 g/mol. The van der Waals surface area contributed by atoms with Crippen LogP contribution in [-0.2, 0) is 16.4 Å². The van der Waals surface area contributed by atoms with Gasteiger partial charge in [0.15, 0.2) is 0 Å². The molecule has 0 fully saturated rings. The number of rotatable bonds is 5. The highest BCUT2D eigenvalue weighted by atomic mass is 32.2. The van der Waals surface area contributed by atoms with E-state index in [1.807, 2.05) is 31.2 Å². The van der Waals surface area contributed by atoms with E-state index in [4.69, 9.17) is 4.74 Å². The maximum absolute atomic E-state index is 12.9. The Balaban J connectivity index is 1.60. The zero-order valence-corrected chi connectivity index (χ0v) is 17.6. The van der Waals surface area contributed by atoms with Gasteiger partial charge in [-0.05, 0) is 61.4 Å². The summed E-state index contributed by atoms with van der Waals surface area (Å²) >= 11 is 0. The van der Waals surface area contributed by atoms with Crippen LogP contribution in [0.25, 0.3) is 0 Å². The van der Waals surface area contributed by atoms with Crippen LogP contribution in [0.5, 0.6) is 5.75 Å². The molecule has 1 aliphatic rings. The van der Waals surface area contributed by atoms with E-state index in [1.54, 1.807) is 41.3 Å². The number of methoxy groups -OCH3 is 1. The van der Waals surface area contributed by atoms with Gasteiger partial charge in [0, 0.05) is 17.8 Å². The molecule has 1 amide bonds. The third kappa shape index (κ3) is 3.76. The largest absolute Gasteiger partial charge is 0.495 e. The summed E-state index contributed by atoms with van der Waals surface area (Å²) in [5, 5.41) is 0. The summed E-state index contributed by atoms with van der Waals surface area (Å²) < 4.78 is 33.6. The number of nitrogens with zero attached hydrogens (tertiary/aromatic N) is 1. The van der Waals surface area contributed by atoms with Crippen molar-refractivity contribution >= 4 is 27.3 Å². The second-order valence-electron chi connectivity index (χ2n) is 7.17. The quantitative estimate of drug-likeness (QED) is 0.674. The van der Waals surface area contributed by atoms with Crippen molar-refractivity contribution in [2.24, 2.45) is 0 Å². The molecule has 0 aliphatic carbocycles. The zero-order valence-electron chi connectivity index (χ0n) is 16.8. The summed E-state index contributed by atoms with van der Waals surface area (Å²) in [6.45, 7) is 2.49. The topological polar surface area (TPSA) is 75.7 Å². The molecule has 0 radical (unpaired) electrons. The Morgan fingerprint density at radius 3 is 2.50 bits per heavy atom. The second kappa shape index (κ2) is 7.84. The Bertz CT molecular complexity index is 1200. The summed E-state index contributed by atoms with van der Waals surface area (Å²) in [5.41, 5.74) is 3.65. The first-order valence-corrected chi connectivity index (χ1v) is 11.0. The third-order valence-electron chi connectivity index (χ3n) is 5.15. The summed E-state index contributed by atoms with van der Waals surface area (Å²) in [4.78, 5) is 14.7. The summed E-state index contributed by atoms with van der Waals surface area (Å²) in [7, 11) is -2.31. The fraction of sp³-hybridized carbons (Fsp3) is 0.174. The number of hydrogen-bond acceptors (Lipinski definition) is 4. The van der Waals surface area contributed by atoms with Gasteiger partial charge in [0.05, 0.1) is 17.7 Å². The highest BCUT2D eigenvalue weighted by molar-refractivity contribution is 7.92. The number of amides is 1. The van der Waals surface area contributed by atoms with Crippen molar-refractivity contribution in [3.63, 3.8) is 0 Å². The predicted octanol–water partition coefficient (Wildman–Crippen LogP) is 4.01. The minimum absolute atomic E-state index is 0.0866. The standard InChI is InChI=1S/C23H22N2O4S/c1-16-7-9-17(10-8-16)23(26)25-14-13-18-15-19(11-12-21(18)25)30(27,28)24-20-5-3-4-6-22(20)29-2/h3-12,15,24H,13-14H2,1-2H3. The van der Waals surface area contributed by atoms with Crippen molar-refractivity contribution in [1.29, 1.82) is 0 Å². The normalized spacial score (nSPS) is 13.1. The molecule has 4 rings (SSSR count). The average Bonchev–Trinajstić information content (AvgIpc) is 3.17. The van der Waals surface area contributed by atoms with Crippen molar-refractivity contribution < 1.29 is 17.9 Å². The smallest absolute Gasteiger partial charge is 0.262 e. The molecule has 1 aliphatic heterocycles. The molecule has 0 atom stereocenters. The first-order chi connectivity index (χ1) is 14.4. The van der Waals surface area contributed by atoms with Gasteiger partial charge in [-0.15, -0.1) is 0 Å². The fourth-order valence-electron chi connectivity index (χ4n) is 3.54. The highest BCUT2D eigenvalue weighted by Crippen LogP contribution is 2.33. The number of nitrogens with one attached hydrogen (secondary N) is 1. The highest BCUT2D eigenvalue weighted by Gasteiger charge is 2.27. The third-order valence-corrected chi connectivity index (χ3v) is 6.51. The van der Waals surface area contributed by atoms with Gasteiger partial charge < -0.3 is 9.64 Å². The molecule has 0 saturated heterocycles. The molecule has 0 aromatic heterocycles. The molecule has 7 heteroatoms. The van der Waals surface area contributed by atoms with E-state index >= 15 is 0 Å². The molecule has 0 unspecified atom stereocenters. The summed E-state index contributed by atoms with van der Waals surface area (Å²) in [6, 6.07) is 19.1. The van der Waals surface area contributed by atoms with E-state index in [-0.39, 0.29) is 10.8 Å². The molecule has 154 valence electrons. The van der Waals surface area contributed by atoms with Gasteiger partial charge in [-0.3, -0.25) is 9.52 Å². The number of fused-ring (bicyclic) bond motifs is 1. The Morgan fingerprint density at radius 2 is 1.77 bits per heavy atom. The minimum atomic E-state index is -3.80. The van der Waals surface area contributed by atoms with Crippen LogP contribution in [0.3, 0.4) is 0 Å². The van der Waals surface area contributed by atoms with E-state index < -0.39 is 10.0 Å². The van der Waals surface area contributed by atoms with Crippen LogP contribution in [0.4, 0.5) is 11.4 Å². The number of para-hydroxylation sites is 2. The van der Waals surface area contributed by atoms with Crippen LogP contribution < -0.4 is 14.4 Å². The number of hydrogen-bond donors (Lipinski definition) is 1. The van der Waals surface area contributed by atoms with E-state index in [1.165, 1.54) is 13.2 Å². The molecular formula is C23H22N2O4S. The SMILES string of the molecule is COc1ccccc1NS(=O)(=O)c1ccc2c(c1)CCN2C(=O)c1ccc(C)cc1. The number of carbonyl (C=O) groups excluding carboxylic acids is 1. The maximum atomic E-state index is 12.9. The van der Waals surface area contributed by atoms with Crippen molar-refractivity contribution in [2.45, 2.75) is 18.2 Å². The van der Waals surface area contributed by atoms with Gasteiger partial charge in [-0.1, -0.05) is 29.8 Å². The lowest BCUT2D eigenvalue weighted by Gasteiger charge is -2.18. The fourth-order valence-corrected chi connectivity index (χ4v) is 4.66. The van der Waals surface area contributed by atoms with Crippen molar-refractivity contribution in [2.75, 3.05) is 23.3 Å². The first kappa shape index (κ1) is 20.0. The number of benzene rings is 3. The van der Waals surface area contributed by atoms with Crippen LogP contribution in [0, 0.1) is 6.92 Å². The number of carbonyl (C=O) groups is 1. The lowest BCUT2D eigenvalue weighted by molar-refractivity contribution is 0.0989. The number of ether oxygens (including phenoxy) is 1. The molecule has 6 nitrogen and oxygen atoms in total. The van der Waals surface area contributed by atoms with Gasteiger partial charge in [0.25, 0.3) is 15.9 Å². The number of anilines is 2. The molecule has 0 bridgehead atoms. The number of sulfonamides is 1. The van der Waals surface area contributed by atoms with Gasteiger partial charge in [0.1, 0.15) is 5.75 Å². The van der Waals surface area contributed by atoms with E-state index in [0.29, 0.717) is 30.0 Å². The molecule has 1 N–H and O–H groups in total. The molecule has 30 heavy (non-hydrogen) atoms. The number of aryl methyl sites for hydroxylation is 1. The second-order valence-corrected chi connectivity index (χ2v) is 8.85. The van der Waals surface area contributed by atoms with Gasteiger partial charge >= 0.3 is 0 Å². The summed E-state index contributed by atoms with van der Waals surface area (Å²) in [6.07, 6.45) is 0.602. The average molecular weight is 423 g/mol. The molecule has 0 saturated carbocycles. The van der Waals surface area contributed by atoms with Crippen LogP contribution in [0.2, 0.25) is 0 Å². The Labute approximate surface area is 176 Å². The van der Waals surface area contributed by atoms with Crippen molar-refractivity contribution in [3.8, 4) is 5.75 Å². The van der Waals surface area contributed by atoms with E-state index in [9.17, 15) is 13.2 Å². The van der Waals surface area contributed by atoms with Gasteiger partial charge in [0.2, 0.25) is 0 Å². The molecule has 3 aromatic carbocycles. The summed E-state index contributed by atoms with van der Waals surface area (Å²) in [5.74, 6) is 0.355. The molecule has 3 aromatic rings. The van der Waals surface area contributed by atoms with Crippen LogP contribution in [-0.4, -0.2) is 28.0 Å². The Morgan fingerprint density at radius 1 is 1.03 bits per heavy atom. The lowest BCUT2D eigenvalue weighted by Crippen LogP contribution is -2.28. The van der Waals surface area contributed by atoms with Crippen molar-refractivity contribution in [1.82, 2.24) is 0 Å². The van der Waals surface area contributed by atoms with E-state index in [2.05, 4.69) is 4.72 Å². The van der Waals surface area contributed by atoms with Crippen LogP contribution >= 0.6 is 0 Å². The minimum Gasteiger partial charge on any atom is -0.495 e. The maximum Gasteiger partial charge on any atom is 0.262 e.